The molecule has 0 unspecified atom stereocenters. The molecule has 3 rings (SSSR count). The number of carbonyl (C=O) groups is 5. The Morgan fingerprint density at radius 1 is 1.09 bits per heavy atom. The van der Waals surface area contributed by atoms with E-state index < -0.39 is 53.9 Å². The maximum Gasteiger partial charge on any atom is 0.306 e. The third kappa shape index (κ3) is 14.5. The molecule has 1 aromatic heterocycles. The van der Waals surface area contributed by atoms with E-state index >= 15 is 0 Å². The zero-order valence-electron chi connectivity index (χ0n) is 34.9. The lowest BCUT2D eigenvalue weighted by molar-refractivity contribution is -0.213. The molecular weight excluding hydrogens is 747 g/mol. The fraction of sp³-hybridized carbons (Fsp3) is 0.628. The summed E-state index contributed by atoms with van der Waals surface area (Å²) < 4.78 is 5.83. The van der Waals surface area contributed by atoms with E-state index in [0.29, 0.717) is 37.1 Å². The van der Waals surface area contributed by atoms with Crippen molar-refractivity contribution in [2.45, 2.75) is 137 Å². The van der Waals surface area contributed by atoms with Gasteiger partial charge in [0, 0.05) is 31.2 Å². The molecule has 1 aliphatic rings. The van der Waals surface area contributed by atoms with Crippen molar-refractivity contribution in [1.29, 1.82) is 0 Å². The fourth-order valence-corrected chi connectivity index (χ4v) is 7.76. The standard InChI is InChI=1S/C43H63N5O8S/c1-10-12-15-22-55-48(42(52)38(29(6)11-2)46-40(51)35-16-13-14-21-47(35)9)36(27(3)4)25-37(56-31(8)49)41-45-34(26-57-41)39(50)44-33(23-30(7)43(53)54)24-32-19-17-28(5)18-20-32/h1,17-20,26-27,29-30,33,35-38H,11-16,21-25H2,2-9H3,(H,44,50)(H,46,51)(H,53,54)/t29-,30-,33+,35+,36+,37+,38-/m0/s1. The smallest absolute Gasteiger partial charge is 0.306 e. The van der Waals surface area contributed by atoms with Gasteiger partial charge in [0.25, 0.3) is 11.8 Å². The Labute approximate surface area is 342 Å². The Morgan fingerprint density at radius 2 is 1.79 bits per heavy atom. The summed E-state index contributed by atoms with van der Waals surface area (Å²) in [6, 6.07) is 5.48. The Balaban J connectivity index is 1.93. The fourth-order valence-electron chi connectivity index (χ4n) is 6.92. The van der Waals surface area contributed by atoms with Crippen molar-refractivity contribution in [1.82, 2.24) is 25.6 Å². The van der Waals surface area contributed by atoms with Crippen molar-refractivity contribution in [2.24, 2.45) is 17.8 Å². The van der Waals surface area contributed by atoms with Crippen LogP contribution in [0, 0.1) is 37.0 Å². The third-order valence-electron chi connectivity index (χ3n) is 10.6. The molecule has 0 spiro atoms. The van der Waals surface area contributed by atoms with Gasteiger partial charge >= 0.3 is 11.9 Å². The van der Waals surface area contributed by atoms with Gasteiger partial charge in [0.2, 0.25) is 5.91 Å². The van der Waals surface area contributed by atoms with Gasteiger partial charge in [0.05, 0.1) is 24.6 Å². The van der Waals surface area contributed by atoms with Crippen molar-refractivity contribution in [3.63, 3.8) is 0 Å². The molecule has 2 heterocycles. The number of carbonyl (C=O) groups excluding carboxylic acids is 4. The summed E-state index contributed by atoms with van der Waals surface area (Å²) in [5.41, 5.74) is 2.13. The topological polar surface area (TPSA) is 167 Å². The van der Waals surface area contributed by atoms with E-state index in [-0.39, 0.29) is 48.9 Å². The number of aromatic nitrogens is 1. The zero-order chi connectivity index (χ0) is 42.2. The number of aliphatic carboxylic acids is 1. The van der Waals surface area contributed by atoms with Crippen LogP contribution in [0.4, 0.5) is 0 Å². The van der Waals surface area contributed by atoms with Gasteiger partial charge in [0.15, 0.2) is 6.10 Å². The molecule has 0 saturated carbocycles. The number of piperidine rings is 1. The molecule has 57 heavy (non-hydrogen) atoms. The third-order valence-corrected chi connectivity index (χ3v) is 11.6. The number of thiazole rings is 1. The van der Waals surface area contributed by atoms with Gasteiger partial charge < -0.3 is 20.5 Å². The number of carboxylic acids is 1. The lowest BCUT2D eigenvalue weighted by Crippen LogP contribution is -2.58. The summed E-state index contributed by atoms with van der Waals surface area (Å²) in [7, 11) is 1.92. The Hall–Kier alpha value is -4.32. The van der Waals surface area contributed by atoms with Crippen molar-refractivity contribution in [2.75, 3.05) is 20.2 Å². The first kappa shape index (κ1) is 47.1. The molecule has 1 fully saturated rings. The molecule has 0 bridgehead atoms. The molecule has 3 N–H and O–H groups in total. The maximum absolute atomic E-state index is 14.7. The number of likely N-dealkylation sites (N-methyl/N-ethyl adjacent to an activating group) is 1. The molecule has 2 aromatic rings. The second kappa shape index (κ2) is 23.2. The van der Waals surface area contributed by atoms with Crippen LogP contribution < -0.4 is 10.6 Å². The Morgan fingerprint density at radius 3 is 2.39 bits per heavy atom. The van der Waals surface area contributed by atoms with Gasteiger partial charge in [-0.15, -0.1) is 23.7 Å². The number of esters is 1. The largest absolute Gasteiger partial charge is 0.481 e. The van der Waals surface area contributed by atoms with E-state index in [0.717, 1.165) is 41.9 Å². The quantitative estimate of drug-likeness (QED) is 0.0547. The van der Waals surface area contributed by atoms with E-state index in [9.17, 15) is 29.1 Å². The normalized spacial score (nSPS) is 17.6. The molecule has 0 radical (unpaired) electrons. The van der Waals surface area contributed by atoms with E-state index in [4.69, 9.17) is 16.0 Å². The summed E-state index contributed by atoms with van der Waals surface area (Å²) in [4.78, 5) is 79.2. The monoisotopic (exact) mass is 809 g/mol. The van der Waals surface area contributed by atoms with Gasteiger partial charge in [-0.05, 0) is 70.0 Å². The van der Waals surface area contributed by atoms with Crippen LogP contribution in [0.1, 0.15) is 126 Å². The second-order valence-electron chi connectivity index (χ2n) is 15.7. The van der Waals surface area contributed by atoms with E-state index in [1.54, 1.807) is 12.3 Å². The number of rotatable bonds is 22. The lowest BCUT2D eigenvalue weighted by Gasteiger charge is -2.39. The minimum absolute atomic E-state index is 0.0887. The number of unbranched alkanes of at least 4 members (excludes halogenated alkanes) is 1. The number of nitrogens with one attached hydrogen (secondary N) is 2. The number of hydrogen-bond donors (Lipinski definition) is 3. The molecule has 7 atom stereocenters. The summed E-state index contributed by atoms with van der Waals surface area (Å²) >= 11 is 1.15. The zero-order valence-corrected chi connectivity index (χ0v) is 35.7. The van der Waals surface area contributed by atoms with E-state index in [1.807, 2.05) is 70.8 Å². The van der Waals surface area contributed by atoms with Crippen LogP contribution in [0.2, 0.25) is 0 Å². The number of aryl methyl sites for hydroxylation is 1. The van der Waals surface area contributed by atoms with Gasteiger partial charge in [-0.25, -0.2) is 10.0 Å². The number of terminal acetylenes is 1. The van der Waals surface area contributed by atoms with Gasteiger partial charge in [-0.1, -0.05) is 77.3 Å². The summed E-state index contributed by atoms with van der Waals surface area (Å²) in [6.07, 6.45) is 9.48. The predicted molar refractivity (Wildman–Crippen MR) is 220 cm³/mol. The van der Waals surface area contributed by atoms with Gasteiger partial charge in [-0.3, -0.25) is 33.7 Å². The summed E-state index contributed by atoms with van der Waals surface area (Å²) in [5.74, 6) is -1.16. The first-order valence-corrected chi connectivity index (χ1v) is 21.1. The average Bonchev–Trinajstić information content (AvgIpc) is 3.67. The number of ether oxygens (including phenoxy) is 1. The molecule has 14 heteroatoms. The summed E-state index contributed by atoms with van der Waals surface area (Å²) in [6.45, 7) is 13.6. The maximum atomic E-state index is 14.7. The number of nitrogens with zero attached hydrogens (tertiary/aromatic N) is 3. The van der Waals surface area contributed by atoms with Crippen LogP contribution >= 0.6 is 11.3 Å². The highest BCUT2D eigenvalue weighted by Crippen LogP contribution is 2.32. The number of carboxylic acid groups (broad SMARTS) is 1. The SMILES string of the molecule is C#CCCCON(C(=O)[C@@H](NC(=O)[C@H]1CCCCN1C)[C@@H](C)CC)[C@H](C[C@@H](OC(C)=O)c1nc(C(=O)N[C@@H](Cc2ccc(C)cc2)C[C@H](C)C(=O)O)cs1)C(C)C. The molecule has 3 amide bonds. The molecule has 1 saturated heterocycles. The number of hydrogen-bond acceptors (Lipinski definition) is 10. The van der Waals surface area contributed by atoms with Gasteiger partial charge in [0.1, 0.15) is 16.7 Å². The Bertz CT molecular complexity index is 1670. The molecule has 314 valence electrons. The Kier molecular flexibility index (Phi) is 19.1. The molecule has 1 aliphatic heterocycles. The highest BCUT2D eigenvalue weighted by Gasteiger charge is 2.40. The number of amides is 3. The first-order chi connectivity index (χ1) is 27.1. The first-order valence-electron chi connectivity index (χ1n) is 20.2. The lowest BCUT2D eigenvalue weighted by atomic mass is 9.93. The van der Waals surface area contributed by atoms with Crippen LogP contribution in [-0.4, -0.2) is 94.1 Å². The van der Waals surface area contributed by atoms with Crippen molar-refractivity contribution >= 4 is 41.0 Å². The van der Waals surface area contributed by atoms with Crippen molar-refractivity contribution in [3.05, 3.63) is 51.5 Å². The highest BCUT2D eigenvalue weighted by molar-refractivity contribution is 7.09. The number of benzene rings is 1. The van der Waals surface area contributed by atoms with Crippen molar-refractivity contribution < 1.29 is 38.7 Å². The van der Waals surface area contributed by atoms with Crippen LogP contribution in [0.5, 0.6) is 0 Å². The number of hydroxylamine groups is 2. The minimum atomic E-state index is -0.958. The van der Waals surface area contributed by atoms with Crippen LogP contribution in [-0.2, 0) is 35.2 Å². The van der Waals surface area contributed by atoms with Crippen molar-refractivity contribution in [3.8, 4) is 12.3 Å². The molecular formula is C43H63N5O8S. The van der Waals surface area contributed by atoms with E-state index in [1.165, 1.54) is 12.0 Å². The van der Waals surface area contributed by atoms with Gasteiger partial charge in [-0.2, -0.15) is 0 Å². The molecule has 0 aliphatic carbocycles. The van der Waals surface area contributed by atoms with E-state index in [2.05, 4.69) is 21.5 Å². The van der Waals surface area contributed by atoms with Crippen LogP contribution in [0.3, 0.4) is 0 Å². The minimum Gasteiger partial charge on any atom is -0.481 e. The molecule has 13 nitrogen and oxygen atoms in total. The van der Waals surface area contributed by atoms with Crippen LogP contribution in [0.25, 0.3) is 0 Å². The summed E-state index contributed by atoms with van der Waals surface area (Å²) in [5, 5.41) is 18.9. The highest BCUT2D eigenvalue weighted by atomic mass is 32.1. The van der Waals surface area contributed by atoms with Crippen LogP contribution in [0.15, 0.2) is 29.6 Å². The second-order valence-corrected chi connectivity index (χ2v) is 16.6. The molecule has 1 aromatic carbocycles. The predicted octanol–water partition coefficient (Wildman–Crippen LogP) is 6.11. The average molecular weight is 810 g/mol. The number of likely N-dealkylation sites (tertiary alicyclic amines) is 1.